The van der Waals surface area contributed by atoms with Crippen LogP contribution in [0, 0.1) is 17.8 Å². The van der Waals surface area contributed by atoms with E-state index in [2.05, 4.69) is 34.3 Å². The van der Waals surface area contributed by atoms with Crippen molar-refractivity contribution in [2.75, 3.05) is 52.9 Å². The lowest BCUT2D eigenvalue weighted by atomic mass is 9.94. The van der Waals surface area contributed by atoms with E-state index in [4.69, 9.17) is 0 Å². The van der Waals surface area contributed by atoms with Crippen molar-refractivity contribution in [1.82, 2.24) is 15.1 Å². The smallest absolute Gasteiger partial charge is 0.0110 e. The van der Waals surface area contributed by atoms with Crippen LogP contribution in [0.25, 0.3) is 0 Å². The highest BCUT2D eigenvalue weighted by atomic mass is 15.2. The maximum absolute atomic E-state index is 3.70. The first-order valence-electron chi connectivity index (χ1n) is 8.11. The van der Waals surface area contributed by atoms with Crippen LogP contribution in [0.5, 0.6) is 0 Å². The monoisotopic (exact) mass is 263 g/mol. The zero-order chi connectivity index (χ0) is 13.1. The Balaban J connectivity index is 1.29. The summed E-state index contributed by atoms with van der Waals surface area (Å²) in [7, 11) is 2.24. The van der Waals surface area contributed by atoms with Gasteiger partial charge in [-0.2, -0.15) is 0 Å². The Hall–Kier alpha value is -0.380. The Morgan fingerprint density at radius 3 is 2.84 bits per heavy atom. The van der Waals surface area contributed by atoms with Gasteiger partial charge < -0.3 is 15.1 Å². The highest BCUT2D eigenvalue weighted by molar-refractivity contribution is 5.10. The molecule has 0 amide bonds. The van der Waals surface area contributed by atoms with Gasteiger partial charge in [0.25, 0.3) is 0 Å². The number of hydrogen-bond acceptors (Lipinski definition) is 3. The number of nitrogens with zero attached hydrogens (tertiary/aromatic N) is 2. The van der Waals surface area contributed by atoms with E-state index in [-0.39, 0.29) is 0 Å². The van der Waals surface area contributed by atoms with Crippen molar-refractivity contribution in [1.29, 1.82) is 0 Å². The molecule has 3 unspecified atom stereocenters. The molecule has 1 saturated carbocycles. The predicted octanol–water partition coefficient (Wildman–Crippen LogP) is 1.43. The minimum atomic E-state index is 0.893. The molecular formula is C16H29N3. The molecule has 2 fully saturated rings. The largest absolute Gasteiger partial charge is 0.315 e. The second-order valence-electron chi connectivity index (χ2n) is 6.74. The van der Waals surface area contributed by atoms with Crippen molar-refractivity contribution in [3.8, 4) is 0 Å². The number of allylic oxidation sites excluding steroid dienone is 2. The Morgan fingerprint density at radius 1 is 1.11 bits per heavy atom. The number of fused-ring (bicyclic) bond motifs is 2. The lowest BCUT2D eigenvalue weighted by Gasteiger charge is -2.22. The average Bonchev–Trinajstić information content (AvgIpc) is 2.96. The number of hydrogen-bond donors (Lipinski definition) is 1. The van der Waals surface area contributed by atoms with Gasteiger partial charge in [-0.15, -0.1) is 0 Å². The minimum absolute atomic E-state index is 0.893. The fourth-order valence-electron chi connectivity index (χ4n) is 3.98. The molecular weight excluding hydrogens is 234 g/mol. The molecule has 3 heteroatoms. The number of likely N-dealkylation sites (N-methyl/N-ethyl adjacent to an activating group) is 1. The highest BCUT2D eigenvalue weighted by Gasteiger charge is 2.34. The Labute approximate surface area is 118 Å². The molecule has 2 bridgehead atoms. The van der Waals surface area contributed by atoms with Crippen molar-refractivity contribution in [3.05, 3.63) is 12.2 Å². The van der Waals surface area contributed by atoms with Crippen LogP contribution in [0.1, 0.15) is 19.3 Å². The van der Waals surface area contributed by atoms with Crippen LogP contribution in [0.4, 0.5) is 0 Å². The van der Waals surface area contributed by atoms with Gasteiger partial charge in [0.05, 0.1) is 0 Å². The molecule has 0 spiro atoms. The second kappa shape index (κ2) is 6.38. The lowest BCUT2D eigenvalue weighted by molar-refractivity contribution is 0.272. The van der Waals surface area contributed by atoms with Gasteiger partial charge in [-0.25, -0.2) is 0 Å². The summed E-state index contributed by atoms with van der Waals surface area (Å²) in [5.41, 5.74) is 0. The third-order valence-electron chi connectivity index (χ3n) is 5.24. The molecule has 3 nitrogen and oxygen atoms in total. The summed E-state index contributed by atoms with van der Waals surface area (Å²) in [5, 5.41) is 3.70. The summed E-state index contributed by atoms with van der Waals surface area (Å²) in [5.74, 6) is 2.73. The Morgan fingerprint density at radius 2 is 2.05 bits per heavy atom. The number of rotatable bonds is 5. The summed E-state index contributed by atoms with van der Waals surface area (Å²) < 4.78 is 0. The molecule has 0 aromatic carbocycles. The van der Waals surface area contributed by atoms with Crippen molar-refractivity contribution in [3.63, 3.8) is 0 Å². The molecule has 3 atom stereocenters. The van der Waals surface area contributed by atoms with Crippen molar-refractivity contribution >= 4 is 0 Å². The van der Waals surface area contributed by atoms with Crippen LogP contribution in [-0.2, 0) is 0 Å². The van der Waals surface area contributed by atoms with E-state index in [0.29, 0.717) is 0 Å². The first-order valence-corrected chi connectivity index (χ1v) is 8.11. The summed E-state index contributed by atoms with van der Waals surface area (Å²) in [6.45, 7) is 8.65. The molecule has 0 radical (unpaired) electrons. The van der Waals surface area contributed by atoms with Crippen LogP contribution in [0.2, 0.25) is 0 Å². The maximum atomic E-state index is 3.70. The standard InChI is InChI=1S/C16H29N3/c1-18-6-2-7-19(10-9-18)8-5-17-13-16-12-14-3-4-15(16)11-14/h3-4,14-17H,2,5-13H2,1H3. The minimum Gasteiger partial charge on any atom is -0.315 e. The van der Waals surface area contributed by atoms with Gasteiger partial charge >= 0.3 is 0 Å². The first kappa shape index (κ1) is 13.6. The van der Waals surface area contributed by atoms with E-state index in [1.165, 1.54) is 65.1 Å². The van der Waals surface area contributed by atoms with E-state index < -0.39 is 0 Å². The summed E-state index contributed by atoms with van der Waals surface area (Å²) in [6, 6.07) is 0. The van der Waals surface area contributed by atoms with E-state index in [1.54, 1.807) is 0 Å². The lowest BCUT2D eigenvalue weighted by Crippen LogP contribution is -2.36. The van der Waals surface area contributed by atoms with Crippen molar-refractivity contribution in [2.24, 2.45) is 17.8 Å². The van der Waals surface area contributed by atoms with Crippen LogP contribution in [-0.4, -0.2) is 62.7 Å². The van der Waals surface area contributed by atoms with Gasteiger partial charge in [0.1, 0.15) is 0 Å². The third kappa shape index (κ3) is 3.59. The molecule has 1 heterocycles. The zero-order valence-corrected chi connectivity index (χ0v) is 12.4. The van der Waals surface area contributed by atoms with Crippen LogP contribution >= 0.6 is 0 Å². The summed E-state index contributed by atoms with van der Waals surface area (Å²) in [6.07, 6.45) is 9.10. The first-order chi connectivity index (χ1) is 9.31. The molecule has 1 N–H and O–H groups in total. The van der Waals surface area contributed by atoms with Gasteiger partial charge in [0, 0.05) is 26.2 Å². The van der Waals surface area contributed by atoms with E-state index in [1.807, 2.05) is 0 Å². The molecule has 3 aliphatic rings. The Bertz CT molecular complexity index is 315. The molecule has 1 saturated heterocycles. The molecule has 19 heavy (non-hydrogen) atoms. The quantitative estimate of drug-likeness (QED) is 0.598. The fourth-order valence-corrected chi connectivity index (χ4v) is 3.98. The molecule has 1 aliphatic heterocycles. The highest BCUT2D eigenvalue weighted by Crippen LogP contribution is 2.42. The maximum Gasteiger partial charge on any atom is 0.0110 e. The average molecular weight is 263 g/mol. The van der Waals surface area contributed by atoms with Gasteiger partial charge in [0.15, 0.2) is 0 Å². The van der Waals surface area contributed by atoms with Gasteiger partial charge in [-0.05, 0) is 63.7 Å². The summed E-state index contributed by atoms with van der Waals surface area (Å²) in [4.78, 5) is 5.08. The molecule has 2 aliphatic carbocycles. The van der Waals surface area contributed by atoms with Gasteiger partial charge in [0.2, 0.25) is 0 Å². The zero-order valence-electron chi connectivity index (χ0n) is 12.4. The SMILES string of the molecule is CN1CCCN(CCNCC2CC3C=CC2C3)CC1. The second-order valence-corrected chi connectivity index (χ2v) is 6.74. The van der Waals surface area contributed by atoms with E-state index >= 15 is 0 Å². The van der Waals surface area contributed by atoms with Crippen molar-refractivity contribution in [2.45, 2.75) is 19.3 Å². The number of nitrogens with one attached hydrogen (secondary N) is 1. The third-order valence-corrected chi connectivity index (χ3v) is 5.24. The van der Waals surface area contributed by atoms with Crippen LogP contribution < -0.4 is 5.32 Å². The van der Waals surface area contributed by atoms with E-state index in [0.717, 1.165) is 17.8 Å². The van der Waals surface area contributed by atoms with Gasteiger partial charge in [-0.3, -0.25) is 0 Å². The fraction of sp³-hybridized carbons (Fsp3) is 0.875. The van der Waals surface area contributed by atoms with E-state index in [9.17, 15) is 0 Å². The summed E-state index contributed by atoms with van der Waals surface area (Å²) >= 11 is 0. The van der Waals surface area contributed by atoms with Crippen LogP contribution in [0.3, 0.4) is 0 Å². The molecule has 3 rings (SSSR count). The van der Waals surface area contributed by atoms with Crippen LogP contribution in [0.15, 0.2) is 12.2 Å². The molecule has 108 valence electrons. The Kier molecular flexibility index (Phi) is 4.57. The van der Waals surface area contributed by atoms with Gasteiger partial charge in [-0.1, -0.05) is 12.2 Å². The topological polar surface area (TPSA) is 18.5 Å². The predicted molar refractivity (Wildman–Crippen MR) is 80.3 cm³/mol. The molecule has 0 aromatic heterocycles. The molecule has 0 aromatic rings. The normalized spacial score (nSPS) is 35.9. The van der Waals surface area contributed by atoms with Crippen molar-refractivity contribution < 1.29 is 0 Å².